The van der Waals surface area contributed by atoms with E-state index in [1.54, 1.807) is 0 Å². The number of nitrogens with zero attached hydrogens (tertiary/aromatic N) is 2. The minimum absolute atomic E-state index is 0.113. The van der Waals surface area contributed by atoms with Crippen LogP contribution in [0.1, 0.15) is 17.3 Å². The summed E-state index contributed by atoms with van der Waals surface area (Å²) in [5.74, 6) is 0. The van der Waals surface area contributed by atoms with Gasteiger partial charge in [-0.1, -0.05) is 35.9 Å². The Kier molecular flexibility index (Phi) is 4.19. The second-order valence-corrected chi connectivity index (χ2v) is 6.64. The van der Waals surface area contributed by atoms with Crippen molar-refractivity contribution in [3.05, 3.63) is 62.3 Å². The highest BCUT2D eigenvalue weighted by atomic mass is 127. The van der Waals surface area contributed by atoms with Crippen LogP contribution in [0.3, 0.4) is 0 Å². The number of halogens is 2. The minimum Gasteiger partial charge on any atom is -0.324 e. The topological polar surface area (TPSA) is 43.8 Å². The summed E-state index contributed by atoms with van der Waals surface area (Å²) in [6.45, 7) is 0. The fourth-order valence-electron chi connectivity index (χ4n) is 2.51. The lowest BCUT2D eigenvalue weighted by Gasteiger charge is -2.11. The molecule has 3 nitrogen and oxygen atoms in total. The van der Waals surface area contributed by atoms with E-state index in [0.717, 1.165) is 30.8 Å². The number of fused-ring (bicyclic) bond motifs is 1. The molecular formula is C16H15ClIN3. The number of rotatable bonds is 3. The molecule has 1 atom stereocenters. The zero-order chi connectivity index (χ0) is 15.0. The SMILES string of the molecule is Cn1nc(CC(N)c2ccc(I)c(Cl)c2)c2ccccc21. The molecule has 1 heterocycles. The van der Waals surface area contributed by atoms with Crippen LogP contribution in [0.25, 0.3) is 10.9 Å². The molecule has 2 N–H and O–H groups in total. The van der Waals surface area contributed by atoms with Crippen molar-refractivity contribution in [2.75, 3.05) is 0 Å². The van der Waals surface area contributed by atoms with Crippen LogP contribution in [0, 0.1) is 3.57 Å². The fourth-order valence-corrected chi connectivity index (χ4v) is 3.03. The van der Waals surface area contributed by atoms with Crippen molar-refractivity contribution in [2.45, 2.75) is 12.5 Å². The van der Waals surface area contributed by atoms with E-state index in [4.69, 9.17) is 17.3 Å². The molecule has 0 spiro atoms. The van der Waals surface area contributed by atoms with Gasteiger partial charge in [-0.15, -0.1) is 0 Å². The standard InChI is InChI=1S/C16H15ClIN3/c1-21-16-5-3-2-4-11(16)15(20-21)9-14(19)10-6-7-13(18)12(17)8-10/h2-8,14H,9,19H2,1H3. The number of nitrogens with two attached hydrogens (primary N) is 1. The highest BCUT2D eigenvalue weighted by molar-refractivity contribution is 14.1. The molecule has 0 fully saturated rings. The maximum absolute atomic E-state index is 6.34. The maximum atomic E-state index is 6.34. The van der Waals surface area contributed by atoms with E-state index >= 15 is 0 Å². The van der Waals surface area contributed by atoms with Gasteiger partial charge in [0.15, 0.2) is 0 Å². The smallest absolute Gasteiger partial charge is 0.0722 e. The largest absolute Gasteiger partial charge is 0.324 e. The lowest BCUT2D eigenvalue weighted by Crippen LogP contribution is -2.14. The monoisotopic (exact) mass is 411 g/mol. The van der Waals surface area contributed by atoms with Crippen molar-refractivity contribution in [1.29, 1.82) is 0 Å². The molecule has 0 bridgehead atoms. The highest BCUT2D eigenvalue weighted by Crippen LogP contribution is 2.26. The number of benzene rings is 2. The lowest BCUT2D eigenvalue weighted by atomic mass is 10.0. The summed E-state index contributed by atoms with van der Waals surface area (Å²) < 4.78 is 2.94. The van der Waals surface area contributed by atoms with Crippen LogP contribution in [0.15, 0.2) is 42.5 Å². The number of aryl methyl sites for hydroxylation is 1. The van der Waals surface area contributed by atoms with Crippen molar-refractivity contribution in [2.24, 2.45) is 12.8 Å². The Labute approximate surface area is 142 Å². The maximum Gasteiger partial charge on any atom is 0.0722 e. The van der Waals surface area contributed by atoms with Crippen LogP contribution < -0.4 is 5.73 Å². The molecule has 1 unspecified atom stereocenters. The van der Waals surface area contributed by atoms with Crippen LogP contribution in [-0.2, 0) is 13.5 Å². The second kappa shape index (κ2) is 5.94. The van der Waals surface area contributed by atoms with E-state index in [2.05, 4.69) is 39.8 Å². The predicted molar refractivity (Wildman–Crippen MR) is 95.5 cm³/mol. The van der Waals surface area contributed by atoms with Gasteiger partial charge in [0.1, 0.15) is 0 Å². The molecule has 0 saturated heterocycles. The zero-order valence-corrected chi connectivity index (χ0v) is 14.5. The summed E-state index contributed by atoms with van der Waals surface area (Å²) in [5.41, 5.74) is 9.52. The van der Waals surface area contributed by atoms with Crippen molar-refractivity contribution in [1.82, 2.24) is 9.78 Å². The second-order valence-electron chi connectivity index (χ2n) is 5.07. The van der Waals surface area contributed by atoms with E-state index < -0.39 is 0 Å². The quantitative estimate of drug-likeness (QED) is 0.660. The van der Waals surface area contributed by atoms with E-state index in [9.17, 15) is 0 Å². The number of hydrogen-bond donors (Lipinski definition) is 1. The Bertz CT molecular complexity index is 797. The van der Waals surface area contributed by atoms with Gasteiger partial charge in [0.2, 0.25) is 0 Å². The summed E-state index contributed by atoms with van der Waals surface area (Å²) in [4.78, 5) is 0. The zero-order valence-electron chi connectivity index (χ0n) is 11.6. The van der Waals surface area contributed by atoms with E-state index in [1.807, 2.05) is 42.1 Å². The van der Waals surface area contributed by atoms with Gasteiger partial charge in [-0.2, -0.15) is 5.10 Å². The van der Waals surface area contributed by atoms with Gasteiger partial charge in [0, 0.05) is 28.5 Å². The van der Waals surface area contributed by atoms with Gasteiger partial charge in [0.05, 0.1) is 16.2 Å². The fraction of sp³-hybridized carbons (Fsp3) is 0.188. The van der Waals surface area contributed by atoms with Crippen molar-refractivity contribution < 1.29 is 0 Å². The molecule has 0 amide bonds. The Balaban J connectivity index is 1.92. The number of aromatic nitrogens is 2. The summed E-state index contributed by atoms with van der Waals surface area (Å²) in [7, 11) is 1.96. The van der Waals surface area contributed by atoms with Crippen molar-refractivity contribution in [3.63, 3.8) is 0 Å². The van der Waals surface area contributed by atoms with E-state index in [-0.39, 0.29) is 6.04 Å². The summed E-state index contributed by atoms with van der Waals surface area (Å²) in [6, 6.07) is 14.1. The van der Waals surface area contributed by atoms with Crippen LogP contribution in [0.5, 0.6) is 0 Å². The first-order valence-electron chi connectivity index (χ1n) is 6.67. The molecule has 0 aliphatic carbocycles. The molecule has 5 heteroatoms. The van der Waals surface area contributed by atoms with Gasteiger partial charge in [-0.25, -0.2) is 0 Å². The molecule has 0 radical (unpaired) electrons. The molecule has 1 aromatic heterocycles. The summed E-state index contributed by atoms with van der Waals surface area (Å²) in [6.07, 6.45) is 0.693. The first-order valence-corrected chi connectivity index (χ1v) is 8.13. The normalized spacial score (nSPS) is 12.8. The molecule has 3 rings (SSSR count). The third kappa shape index (κ3) is 2.93. The number of hydrogen-bond acceptors (Lipinski definition) is 2. The highest BCUT2D eigenvalue weighted by Gasteiger charge is 2.14. The van der Waals surface area contributed by atoms with Gasteiger partial charge >= 0.3 is 0 Å². The minimum atomic E-state index is -0.113. The average Bonchev–Trinajstić information content (AvgIpc) is 2.79. The lowest BCUT2D eigenvalue weighted by molar-refractivity contribution is 0.682. The Morgan fingerprint density at radius 1 is 1.29 bits per heavy atom. The average molecular weight is 412 g/mol. The number of para-hydroxylation sites is 1. The third-order valence-corrected chi connectivity index (χ3v) is 5.19. The van der Waals surface area contributed by atoms with E-state index in [1.165, 1.54) is 0 Å². The van der Waals surface area contributed by atoms with Gasteiger partial charge < -0.3 is 5.73 Å². The van der Waals surface area contributed by atoms with Crippen LogP contribution in [0.4, 0.5) is 0 Å². The molecular weight excluding hydrogens is 397 g/mol. The molecule has 2 aromatic carbocycles. The summed E-state index contributed by atoms with van der Waals surface area (Å²) in [5, 5.41) is 6.50. The first kappa shape index (κ1) is 14.8. The molecule has 0 aliphatic rings. The van der Waals surface area contributed by atoms with Crippen LogP contribution >= 0.6 is 34.2 Å². The molecule has 3 aromatic rings. The van der Waals surface area contributed by atoms with Crippen molar-refractivity contribution >= 4 is 45.1 Å². The molecule has 0 aliphatic heterocycles. The van der Waals surface area contributed by atoms with Crippen molar-refractivity contribution in [3.8, 4) is 0 Å². The first-order chi connectivity index (χ1) is 10.1. The molecule has 0 saturated carbocycles. The Morgan fingerprint density at radius 2 is 2.05 bits per heavy atom. The third-order valence-electron chi connectivity index (χ3n) is 3.62. The van der Waals surface area contributed by atoms with Crippen LogP contribution in [0.2, 0.25) is 5.02 Å². The van der Waals surface area contributed by atoms with Gasteiger partial charge in [0.25, 0.3) is 0 Å². The Morgan fingerprint density at radius 3 is 2.81 bits per heavy atom. The van der Waals surface area contributed by atoms with Crippen LogP contribution in [-0.4, -0.2) is 9.78 Å². The Hall–Kier alpha value is -1.11. The van der Waals surface area contributed by atoms with Gasteiger partial charge in [-0.05, 0) is 46.4 Å². The predicted octanol–water partition coefficient (Wildman–Crippen LogP) is 4.07. The summed E-state index contributed by atoms with van der Waals surface area (Å²) >= 11 is 8.39. The molecule has 21 heavy (non-hydrogen) atoms. The van der Waals surface area contributed by atoms with Gasteiger partial charge in [-0.3, -0.25) is 4.68 Å². The van der Waals surface area contributed by atoms with E-state index in [0.29, 0.717) is 6.42 Å². The molecule has 108 valence electrons.